The molecule has 3 aliphatic heterocycles. The minimum Gasteiger partial charge on any atom is -0.382 e. The number of aromatic amines is 1. The van der Waals surface area contributed by atoms with Crippen molar-refractivity contribution in [3.05, 3.63) is 29.3 Å². The molecule has 2 bridgehead atoms. The molecule has 0 aromatic carbocycles. The zero-order valence-corrected chi connectivity index (χ0v) is 27.0. The molecular weight excluding hydrogens is 695 g/mol. The van der Waals surface area contributed by atoms with Gasteiger partial charge in [-0.3, -0.25) is 32.5 Å². The molecule has 3 aliphatic rings. The molecule has 0 aliphatic carbocycles. The van der Waals surface area contributed by atoms with Gasteiger partial charge in [0.05, 0.1) is 31.9 Å². The minimum absolute atomic E-state index is 0.0233. The molecule has 3 saturated heterocycles. The summed E-state index contributed by atoms with van der Waals surface area (Å²) in [6, 6.07) is -1.37. The molecule has 25 heteroatoms. The molecule has 0 spiro atoms. The van der Waals surface area contributed by atoms with Gasteiger partial charge in [0.1, 0.15) is 36.3 Å². The molecule has 46 heavy (non-hydrogen) atoms. The first-order chi connectivity index (χ1) is 21.9. The summed E-state index contributed by atoms with van der Waals surface area (Å²) in [6.45, 7) is -9.42. The fraction of sp³-hybridized carbons (Fsp3) is 0.524. The van der Waals surface area contributed by atoms with Crippen LogP contribution in [0.2, 0.25) is 0 Å². The maximum absolute atomic E-state index is 16.1. The molecule has 4 aromatic heterocycles. The van der Waals surface area contributed by atoms with Gasteiger partial charge in [-0.05, 0) is 0 Å². The highest BCUT2D eigenvalue weighted by atomic mass is 32.7. The Labute approximate surface area is 267 Å². The van der Waals surface area contributed by atoms with E-state index in [4.69, 9.17) is 39.2 Å². The Hall–Kier alpha value is -2.69. The third-order valence-corrected chi connectivity index (χ3v) is 11.1. The summed E-state index contributed by atoms with van der Waals surface area (Å²) >= 11 is 8.33. The summed E-state index contributed by atoms with van der Waals surface area (Å²) in [5.41, 5.74) is 11.4. The quantitative estimate of drug-likeness (QED) is 0.126. The number of nitrogens with zero attached hydrogens (tertiary/aromatic N) is 7. The van der Waals surface area contributed by atoms with E-state index < -0.39 is 81.4 Å². The first-order valence-electron chi connectivity index (χ1n) is 13.4. The number of thiol groups is 2. The number of hydrogen-bond acceptors (Lipinski definition) is 16. The molecule has 4 aromatic rings. The average Bonchev–Trinajstić information content (AvgIpc) is 3.75. The van der Waals surface area contributed by atoms with Gasteiger partial charge in [0.2, 0.25) is 5.95 Å². The standard InChI is InChI=1S/C21H26FN11O9P2S2/c1-37-13-8-3-38-43(35,45)31-10-7(40-19(9(10)22)32-5-27-11-15(23)25-4-26-16(11)32)2-39-44(36,46)42-14(13)20(41-8)33-6-28-12-17(33)29-21(24)30-18(12)34/h4-10,13-14,19-20H,2-3H2,1H3,(H,36,46)(H2,23,25,26)(H2,31,35,45)(H3,24,29,30,34)/t7?,8?,9?,10?,13?,14?,19?,20?,43-,44?/m1/s1. The summed E-state index contributed by atoms with van der Waals surface area (Å²) in [5.74, 6) is -0.123. The monoisotopic (exact) mass is 721 g/mol. The molecule has 0 saturated carbocycles. The van der Waals surface area contributed by atoms with E-state index in [9.17, 15) is 13.9 Å². The van der Waals surface area contributed by atoms with Gasteiger partial charge in [-0.15, -0.1) is 0 Å². The zero-order chi connectivity index (χ0) is 32.5. The summed E-state index contributed by atoms with van der Waals surface area (Å²) in [7, 11) is 1.33. The number of methoxy groups -OCH3 is 1. The van der Waals surface area contributed by atoms with Gasteiger partial charge in [0.15, 0.2) is 41.3 Å². The van der Waals surface area contributed by atoms with Gasteiger partial charge >= 0.3 is 13.5 Å². The number of alkyl halides is 1. The minimum atomic E-state index is -4.32. The highest BCUT2D eigenvalue weighted by Gasteiger charge is 2.53. The van der Waals surface area contributed by atoms with E-state index in [1.165, 1.54) is 35.2 Å². The third kappa shape index (κ3) is 5.62. The lowest BCUT2D eigenvalue weighted by Gasteiger charge is -2.27. The fourth-order valence-corrected chi connectivity index (χ4v) is 8.80. The van der Waals surface area contributed by atoms with Crippen LogP contribution >= 0.6 is 38.0 Å². The zero-order valence-electron chi connectivity index (χ0n) is 23.4. The van der Waals surface area contributed by atoms with Crippen LogP contribution in [0.3, 0.4) is 0 Å². The predicted octanol–water partition coefficient (Wildman–Crippen LogP) is 0.738. The smallest absolute Gasteiger partial charge is 0.382 e. The molecule has 248 valence electrons. The van der Waals surface area contributed by atoms with Crippen LogP contribution in [-0.2, 0) is 36.9 Å². The summed E-state index contributed by atoms with van der Waals surface area (Å²) in [4.78, 5) is 35.1. The lowest BCUT2D eigenvalue weighted by Crippen LogP contribution is -2.42. The van der Waals surface area contributed by atoms with E-state index >= 15 is 4.39 Å². The average molecular weight is 722 g/mol. The molecule has 0 radical (unpaired) electrons. The predicted molar refractivity (Wildman–Crippen MR) is 163 cm³/mol. The second kappa shape index (κ2) is 11.8. The van der Waals surface area contributed by atoms with Gasteiger partial charge in [-0.2, -0.15) is 4.98 Å². The van der Waals surface area contributed by atoms with Crippen LogP contribution in [0.1, 0.15) is 12.5 Å². The normalized spacial score (nSPS) is 37.1. The largest absolute Gasteiger partial charge is 0.386 e. The molecule has 10 atom stereocenters. The lowest BCUT2D eigenvalue weighted by molar-refractivity contribution is -0.0501. The summed E-state index contributed by atoms with van der Waals surface area (Å²) in [6.07, 6.45) is -5.32. The topological polar surface area (TPSA) is 261 Å². The van der Waals surface area contributed by atoms with Crippen LogP contribution in [0.15, 0.2) is 23.8 Å². The van der Waals surface area contributed by atoms with Crippen molar-refractivity contribution >= 4 is 72.1 Å². The number of nitrogen functional groups attached to an aromatic ring is 2. The number of aromatic nitrogens is 8. The summed E-state index contributed by atoms with van der Waals surface area (Å²) in [5, 5.41) is 2.59. The van der Waals surface area contributed by atoms with Crippen molar-refractivity contribution in [3.63, 3.8) is 0 Å². The van der Waals surface area contributed by atoms with Gasteiger partial charge < -0.3 is 30.2 Å². The number of hydrogen-bond donors (Lipinski definition) is 6. The first-order valence-corrected chi connectivity index (χ1v) is 18.9. The van der Waals surface area contributed by atoms with Crippen molar-refractivity contribution in [1.82, 2.24) is 44.1 Å². The van der Waals surface area contributed by atoms with Crippen molar-refractivity contribution in [2.24, 2.45) is 0 Å². The van der Waals surface area contributed by atoms with E-state index in [0.29, 0.717) is 0 Å². The van der Waals surface area contributed by atoms with Crippen molar-refractivity contribution in [1.29, 1.82) is 0 Å². The Balaban J connectivity index is 1.22. The SMILES string of the molecule is COC1C2CO[P@@](=O)(S)NC3C(COP(=O)(S)OC1C(n1cnc4c(=O)[nH]c(N)nc41)O2)OC(n1cnc2c(N)ncnc21)C3F. The second-order valence-corrected chi connectivity index (χ2v) is 16.5. The number of fused-ring (bicyclic) bond motifs is 5. The van der Waals surface area contributed by atoms with Gasteiger partial charge in [-0.1, -0.05) is 24.5 Å². The van der Waals surface area contributed by atoms with Crippen LogP contribution in [0, 0.1) is 0 Å². The van der Waals surface area contributed by atoms with Crippen molar-refractivity contribution < 1.29 is 41.3 Å². The van der Waals surface area contributed by atoms with E-state index in [2.05, 4.69) is 59.5 Å². The molecule has 7 heterocycles. The maximum Gasteiger partial charge on any atom is 0.386 e. The highest BCUT2D eigenvalue weighted by molar-refractivity contribution is 8.45. The number of imidazole rings is 2. The molecule has 20 nitrogen and oxygen atoms in total. The van der Waals surface area contributed by atoms with E-state index in [0.717, 1.165) is 0 Å². The van der Waals surface area contributed by atoms with Crippen LogP contribution in [0.5, 0.6) is 0 Å². The van der Waals surface area contributed by atoms with Gasteiger partial charge in [-0.25, -0.2) is 34.0 Å². The number of anilines is 2. The number of H-pyrrole nitrogens is 1. The number of ether oxygens (including phenoxy) is 3. The Bertz CT molecular complexity index is 1970. The molecule has 0 amide bonds. The maximum atomic E-state index is 16.1. The number of nitrogens with two attached hydrogens (primary N) is 2. The van der Waals surface area contributed by atoms with Crippen LogP contribution in [0.25, 0.3) is 22.3 Å². The Morgan fingerprint density at radius 1 is 1.00 bits per heavy atom. The van der Waals surface area contributed by atoms with E-state index in [1.54, 1.807) is 0 Å². The number of halogens is 1. The molecular formula is C21H26FN11O9P2S2. The Kier molecular flexibility index (Phi) is 8.16. The Morgan fingerprint density at radius 2 is 1.70 bits per heavy atom. The van der Waals surface area contributed by atoms with Crippen molar-refractivity contribution in [2.75, 3.05) is 31.8 Å². The Morgan fingerprint density at radius 3 is 2.46 bits per heavy atom. The van der Waals surface area contributed by atoms with E-state index in [1.807, 2.05) is 0 Å². The van der Waals surface area contributed by atoms with Gasteiger partial charge in [0.25, 0.3) is 5.56 Å². The highest BCUT2D eigenvalue weighted by Crippen LogP contribution is 2.58. The van der Waals surface area contributed by atoms with Gasteiger partial charge in [0, 0.05) is 7.11 Å². The first kappa shape index (κ1) is 31.9. The molecule has 9 unspecified atom stereocenters. The van der Waals surface area contributed by atoms with Crippen molar-refractivity contribution in [3.8, 4) is 0 Å². The molecule has 7 rings (SSSR count). The molecule has 6 N–H and O–H groups in total. The number of rotatable bonds is 3. The second-order valence-electron chi connectivity index (χ2n) is 10.4. The summed E-state index contributed by atoms with van der Waals surface area (Å²) < 4.78 is 80.9. The van der Waals surface area contributed by atoms with Crippen LogP contribution in [0.4, 0.5) is 16.2 Å². The van der Waals surface area contributed by atoms with Crippen molar-refractivity contribution in [2.45, 2.75) is 49.1 Å². The molecule has 3 fully saturated rings. The van der Waals surface area contributed by atoms with E-state index in [-0.39, 0.29) is 34.1 Å². The number of nitrogens with one attached hydrogen (secondary N) is 2. The van der Waals surface area contributed by atoms with Crippen LogP contribution in [-0.4, -0.2) is 96.0 Å². The fourth-order valence-electron chi connectivity index (χ4n) is 5.64. The lowest BCUT2D eigenvalue weighted by atomic mass is 10.1. The third-order valence-electron chi connectivity index (χ3n) is 7.66. The van der Waals surface area contributed by atoms with Crippen LogP contribution < -0.4 is 22.1 Å².